The molecule has 1 N–H and O–H groups in total. The van der Waals surface area contributed by atoms with Crippen molar-refractivity contribution in [2.45, 2.75) is 6.18 Å². The van der Waals surface area contributed by atoms with Gasteiger partial charge in [0.05, 0.1) is 17.3 Å². The molecule has 0 aliphatic carbocycles. The van der Waals surface area contributed by atoms with Crippen LogP contribution in [0.5, 0.6) is 0 Å². The average Bonchev–Trinajstić information content (AvgIpc) is 3.21. The SMILES string of the molecule is O=C(COC(=O)c1ccccc1-c1ncc(-c2ccccc2)o1)NCC(F)(F)F. The number of nitrogens with zero attached hydrogens (tertiary/aromatic N) is 1. The maximum atomic E-state index is 12.3. The Morgan fingerprint density at radius 3 is 2.45 bits per heavy atom. The van der Waals surface area contributed by atoms with Gasteiger partial charge in [0.15, 0.2) is 12.4 Å². The first-order valence-electron chi connectivity index (χ1n) is 8.45. The lowest BCUT2D eigenvalue weighted by molar-refractivity contribution is -0.140. The summed E-state index contributed by atoms with van der Waals surface area (Å²) in [4.78, 5) is 27.9. The fraction of sp³-hybridized carbons (Fsp3) is 0.150. The first-order chi connectivity index (χ1) is 13.8. The van der Waals surface area contributed by atoms with Crippen molar-refractivity contribution in [1.29, 1.82) is 0 Å². The largest absolute Gasteiger partial charge is 0.452 e. The van der Waals surface area contributed by atoms with E-state index in [0.29, 0.717) is 11.3 Å². The van der Waals surface area contributed by atoms with Crippen molar-refractivity contribution in [2.75, 3.05) is 13.2 Å². The second-order valence-corrected chi connectivity index (χ2v) is 5.91. The van der Waals surface area contributed by atoms with Gasteiger partial charge in [-0.05, 0) is 12.1 Å². The van der Waals surface area contributed by atoms with Gasteiger partial charge in [-0.1, -0.05) is 42.5 Å². The first-order valence-corrected chi connectivity index (χ1v) is 8.45. The summed E-state index contributed by atoms with van der Waals surface area (Å²) < 4.78 is 46.9. The van der Waals surface area contributed by atoms with Gasteiger partial charge in [0, 0.05) is 5.56 Å². The molecule has 0 bridgehead atoms. The molecule has 0 unspecified atom stereocenters. The lowest BCUT2D eigenvalue weighted by atomic mass is 10.1. The number of aromatic nitrogens is 1. The van der Waals surface area contributed by atoms with Gasteiger partial charge in [0.2, 0.25) is 5.89 Å². The van der Waals surface area contributed by atoms with E-state index in [1.54, 1.807) is 23.5 Å². The summed E-state index contributed by atoms with van der Waals surface area (Å²) in [6.07, 6.45) is -3.04. The van der Waals surface area contributed by atoms with Gasteiger partial charge in [-0.15, -0.1) is 0 Å². The molecule has 0 atom stereocenters. The van der Waals surface area contributed by atoms with Crippen molar-refractivity contribution >= 4 is 11.9 Å². The third-order valence-electron chi connectivity index (χ3n) is 3.76. The van der Waals surface area contributed by atoms with Crippen LogP contribution in [-0.2, 0) is 9.53 Å². The summed E-state index contributed by atoms with van der Waals surface area (Å²) in [6, 6.07) is 15.5. The minimum atomic E-state index is -4.55. The Morgan fingerprint density at radius 2 is 1.72 bits per heavy atom. The van der Waals surface area contributed by atoms with E-state index in [-0.39, 0.29) is 11.5 Å². The van der Waals surface area contributed by atoms with Crippen LogP contribution in [0, 0.1) is 0 Å². The number of hydrogen-bond acceptors (Lipinski definition) is 5. The molecule has 2 aromatic carbocycles. The Balaban J connectivity index is 1.72. The smallest absolute Gasteiger partial charge is 0.405 e. The number of halogens is 3. The maximum absolute atomic E-state index is 12.3. The number of rotatable bonds is 6. The first kappa shape index (κ1) is 20.1. The molecule has 29 heavy (non-hydrogen) atoms. The van der Waals surface area contributed by atoms with Crippen LogP contribution in [-0.4, -0.2) is 36.2 Å². The summed E-state index contributed by atoms with van der Waals surface area (Å²) >= 11 is 0. The fourth-order valence-corrected chi connectivity index (χ4v) is 2.44. The Bertz CT molecular complexity index is 1000. The van der Waals surface area contributed by atoms with E-state index in [2.05, 4.69) is 4.98 Å². The second-order valence-electron chi connectivity index (χ2n) is 5.91. The van der Waals surface area contributed by atoms with Crippen LogP contribution in [0.2, 0.25) is 0 Å². The summed E-state index contributed by atoms with van der Waals surface area (Å²) in [5.41, 5.74) is 1.20. The molecular formula is C20H15F3N2O4. The number of amides is 1. The predicted molar refractivity (Wildman–Crippen MR) is 96.7 cm³/mol. The van der Waals surface area contributed by atoms with Crippen LogP contribution in [0.3, 0.4) is 0 Å². The lowest BCUT2D eigenvalue weighted by Crippen LogP contribution is -2.36. The number of carbonyl (C=O) groups excluding carboxylic acids is 2. The number of ether oxygens (including phenoxy) is 1. The topological polar surface area (TPSA) is 81.4 Å². The Morgan fingerprint density at radius 1 is 1.03 bits per heavy atom. The van der Waals surface area contributed by atoms with Crippen molar-refractivity contribution in [1.82, 2.24) is 10.3 Å². The van der Waals surface area contributed by atoms with Gasteiger partial charge in [-0.2, -0.15) is 13.2 Å². The number of alkyl halides is 3. The van der Waals surface area contributed by atoms with Crippen LogP contribution < -0.4 is 5.32 Å². The maximum Gasteiger partial charge on any atom is 0.405 e. The van der Waals surface area contributed by atoms with Crippen molar-refractivity contribution in [3.63, 3.8) is 0 Å². The van der Waals surface area contributed by atoms with Gasteiger partial charge >= 0.3 is 12.1 Å². The zero-order valence-corrected chi connectivity index (χ0v) is 14.9. The molecule has 150 valence electrons. The highest BCUT2D eigenvalue weighted by molar-refractivity contribution is 5.97. The van der Waals surface area contributed by atoms with Crippen molar-refractivity contribution in [3.05, 3.63) is 66.4 Å². The van der Waals surface area contributed by atoms with E-state index in [0.717, 1.165) is 5.56 Å². The normalized spacial score (nSPS) is 11.1. The Kier molecular flexibility index (Phi) is 5.96. The van der Waals surface area contributed by atoms with Crippen LogP contribution in [0.25, 0.3) is 22.8 Å². The summed E-state index contributed by atoms with van der Waals surface area (Å²) in [5, 5.41) is 1.63. The third kappa shape index (κ3) is 5.44. The molecule has 3 rings (SSSR count). The molecule has 0 fully saturated rings. The highest BCUT2D eigenvalue weighted by atomic mass is 19.4. The molecule has 1 aromatic heterocycles. The number of benzene rings is 2. The van der Waals surface area contributed by atoms with Crippen LogP contribution in [0.15, 0.2) is 65.2 Å². The van der Waals surface area contributed by atoms with E-state index in [9.17, 15) is 22.8 Å². The Labute approximate surface area is 163 Å². The zero-order valence-electron chi connectivity index (χ0n) is 14.9. The fourth-order valence-electron chi connectivity index (χ4n) is 2.44. The van der Waals surface area contributed by atoms with E-state index < -0.39 is 31.2 Å². The van der Waals surface area contributed by atoms with E-state index in [4.69, 9.17) is 9.15 Å². The number of carbonyl (C=O) groups is 2. The van der Waals surface area contributed by atoms with Crippen molar-refractivity contribution in [2.24, 2.45) is 0 Å². The van der Waals surface area contributed by atoms with Crippen molar-refractivity contribution < 1.29 is 31.9 Å². The molecule has 1 amide bonds. The van der Waals surface area contributed by atoms with Crippen molar-refractivity contribution in [3.8, 4) is 22.8 Å². The molecule has 0 aliphatic rings. The van der Waals surface area contributed by atoms with E-state index in [1.165, 1.54) is 12.3 Å². The molecule has 0 spiro atoms. The average molecular weight is 404 g/mol. The molecule has 6 nitrogen and oxygen atoms in total. The van der Waals surface area contributed by atoms with Crippen LogP contribution in [0.1, 0.15) is 10.4 Å². The molecule has 0 saturated carbocycles. The van der Waals surface area contributed by atoms with Crippen LogP contribution in [0.4, 0.5) is 13.2 Å². The molecule has 0 saturated heterocycles. The summed E-state index contributed by atoms with van der Waals surface area (Å²) in [7, 11) is 0. The second kappa shape index (κ2) is 8.59. The molecule has 9 heteroatoms. The van der Waals surface area contributed by atoms with E-state index >= 15 is 0 Å². The Hall–Kier alpha value is -3.62. The van der Waals surface area contributed by atoms with Gasteiger partial charge in [0.25, 0.3) is 5.91 Å². The summed E-state index contributed by atoms with van der Waals surface area (Å²) in [6.45, 7) is -2.34. The molecule has 3 aromatic rings. The number of esters is 1. The van der Waals surface area contributed by atoms with Crippen LogP contribution >= 0.6 is 0 Å². The molecule has 0 aliphatic heterocycles. The predicted octanol–water partition coefficient (Wildman–Crippen LogP) is 3.84. The molecular weight excluding hydrogens is 389 g/mol. The minimum Gasteiger partial charge on any atom is -0.452 e. The minimum absolute atomic E-state index is 0.0672. The summed E-state index contributed by atoms with van der Waals surface area (Å²) in [5.74, 6) is -1.29. The lowest BCUT2D eigenvalue weighted by Gasteiger charge is -2.10. The quantitative estimate of drug-likeness (QED) is 0.632. The number of oxazole rings is 1. The van der Waals surface area contributed by atoms with Gasteiger partial charge in [-0.3, -0.25) is 4.79 Å². The number of nitrogens with one attached hydrogen (secondary N) is 1. The molecule has 1 heterocycles. The zero-order chi connectivity index (χ0) is 20.9. The van der Waals surface area contributed by atoms with Gasteiger partial charge < -0.3 is 14.5 Å². The third-order valence-corrected chi connectivity index (χ3v) is 3.76. The monoisotopic (exact) mass is 404 g/mol. The molecule has 0 radical (unpaired) electrons. The number of hydrogen-bond donors (Lipinski definition) is 1. The van der Waals surface area contributed by atoms with Gasteiger partial charge in [-0.25, -0.2) is 9.78 Å². The standard InChI is InChI=1S/C20H15F3N2O4/c21-20(22,23)12-25-17(26)11-28-19(27)15-9-5-4-8-14(15)18-24-10-16(29-18)13-6-2-1-3-7-13/h1-10H,11-12H2,(H,25,26). The highest BCUT2D eigenvalue weighted by Crippen LogP contribution is 2.28. The van der Waals surface area contributed by atoms with Gasteiger partial charge in [0.1, 0.15) is 6.54 Å². The van der Waals surface area contributed by atoms with E-state index in [1.807, 2.05) is 30.3 Å². The highest BCUT2D eigenvalue weighted by Gasteiger charge is 2.28.